The number of hydrogen-bond donors (Lipinski definition) is 2. The molecule has 2 saturated heterocycles. The van der Waals surface area contributed by atoms with Crippen LogP contribution in [0, 0.1) is 0 Å². The molecule has 0 bridgehead atoms. The maximum absolute atomic E-state index is 13.5. The molecule has 3 aromatic heterocycles. The number of thiophene rings is 1. The lowest BCUT2D eigenvalue weighted by Crippen LogP contribution is -2.47. The number of carbonyl (C=O) groups is 2. The Hall–Kier alpha value is -3.00. The number of carbonyl (C=O) groups excluding carboxylic acids is 2. The van der Waals surface area contributed by atoms with Gasteiger partial charge in [0.25, 0.3) is 12.3 Å². The van der Waals surface area contributed by atoms with E-state index in [1.54, 1.807) is 9.42 Å². The number of anilines is 2. The highest BCUT2D eigenvalue weighted by Crippen LogP contribution is 2.37. The highest BCUT2D eigenvalue weighted by atomic mass is 79.9. The van der Waals surface area contributed by atoms with Gasteiger partial charge in [0.05, 0.1) is 10.6 Å². The number of nitrogens with two attached hydrogens (primary N) is 1. The second-order valence-electron chi connectivity index (χ2n) is 9.48. The largest absolute Gasteiger partial charge is 0.489 e. The second kappa shape index (κ2) is 11.0. The van der Waals surface area contributed by atoms with Crippen molar-refractivity contribution in [3.8, 4) is 5.75 Å². The summed E-state index contributed by atoms with van der Waals surface area (Å²) in [6.45, 7) is 3.86. The molecule has 0 aliphatic carbocycles. The molecular weight excluding hydrogens is 584 g/mol. The van der Waals surface area contributed by atoms with Crippen molar-refractivity contribution in [1.82, 2.24) is 24.8 Å². The average Bonchev–Trinajstić information content (AvgIpc) is 3.47. The Morgan fingerprint density at radius 3 is 2.71 bits per heavy atom. The molecule has 3 N–H and O–H groups in total. The van der Waals surface area contributed by atoms with Crippen LogP contribution in [0.4, 0.5) is 20.3 Å². The van der Waals surface area contributed by atoms with E-state index in [0.29, 0.717) is 43.8 Å². The van der Waals surface area contributed by atoms with E-state index in [9.17, 15) is 18.4 Å². The molecule has 3 aromatic rings. The third-order valence-electron chi connectivity index (χ3n) is 6.94. The van der Waals surface area contributed by atoms with Gasteiger partial charge in [-0.25, -0.2) is 18.3 Å². The van der Waals surface area contributed by atoms with Crippen LogP contribution in [-0.2, 0) is 4.79 Å². The summed E-state index contributed by atoms with van der Waals surface area (Å²) in [7, 11) is 0. The van der Waals surface area contributed by atoms with Crippen molar-refractivity contribution >= 4 is 56.1 Å². The van der Waals surface area contributed by atoms with Gasteiger partial charge in [0.15, 0.2) is 5.82 Å². The fourth-order valence-corrected chi connectivity index (χ4v) is 6.37. The van der Waals surface area contributed by atoms with Crippen LogP contribution in [0.1, 0.15) is 53.6 Å². The van der Waals surface area contributed by atoms with E-state index < -0.39 is 12.3 Å². The number of nitrogen functional groups attached to an aromatic ring is 1. The number of amides is 2. The number of alkyl halides is 2. The first-order valence-electron chi connectivity index (χ1n) is 12.4. The summed E-state index contributed by atoms with van der Waals surface area (Å²) in [5.74, 6) is 0.0806. The SMILES string of the molecule is CC(=O)N1CCC(Oc2cc(C(F)F)sc2C(=O)N[C@@H]2CCCN(c3cc(Br)n4ncnc(N)c34)C2)CC1. The zero-order chi connectivity index (χ0) is 27.0. The summed E-state index contributed by atoms with van der Waals surface area (Å²) in [4.78, 5) is 32.8. The number of ether oxygens (including phenoxy) is 1. The number of nitrogens with zero attached hydrogens (tertiary/aromatic N) is 5. The molecule has 2 amide bonds. The number of nitrogens with one attached hydrogen (secondary N) is 1. The van der Waals surface area contributed by atoms with Gasteiger partial charge in [-0.1, -0.05) is 0 Å². The zero-order valence-corrected chi connectivity index (χ0v) is 23.1. The molecule has 0 saturated carbocycles. The van der Waals surface area contributed by atoms with Gasteiger partial charge in [0.2, 0.25) is 5.91 Å². The van der Waals surface area contributed by atoms with E-state index >= 15 is 0 Å². The van der Waals surface area contributed by atoms with Gasteiger partial charge >= 0.3 is 0 Å². The topological polar surface area (TPSA) is 118 Å². The molecule has 204 valence electrons. The number of piperidine rings is 2. The third kappa shape index (κ3) is 5.41. The van der Waals surface area contributed by atoms with Gasteiger partial charge in [0.1, 0.15) is 33.2 Å². The fraction of sp³-hybridized carbons (Fsp3) is 0.500. The van der Waals surface area contributed by atoms with E-state index in [2.05, 4.69) is 36.2 Å². The molecule has 2 fully saturated rings. The standard InChI is InChI=1S/C24H28BrF2N7O3S/c1-13(35)32-7-4-15(5-8-32)37-17-10-18(22(26)27)38-21(17)24(36)31-14-3-2-6-33(11-14)16-9-19(25)34-20(16)23(28)29-12-30-34/h9-10,12,14-15,22H,2-8,11H2,1H3,(H,31,36)(H2,28,29,30)/t14-/m1/s1. The quantitative estimate of drug-likeness (QED) is 0.434. The van der Waals surface area contributed by atoms with Crippen molar-refractivity contribution in [1.29, 1.82) is 0 Å². The number of hydrogen-bond acceptors (Lipinski definition) is 8. The molecule has 0 aromatic carbocycles. The minimum atomic E-state index is -2.71. The third-order valence-corrected chi connectivity index (χ3v) is 8.62. The number of halogens is 3. The molecule has 5 rings (SSSR count). The van der Waals surface area contributed by atoms with E-state index in [1.165, 1.54) is 19.3 Å². The van der Waals surface area contributed by atoms with E-state index in [4.69, 9.17) is 10.5 Å². The first-order chi connectivity index (χ1) is 18.2. The summed E-state index contributed by atoms with van der Waals surface area (Å²) in [5.41, 5.74) is 7.66. The number of fused-ring (bicyclic) bond motifs is 1. The number of rotatable bonds is 6. The predicted molar refractivity (Wildman–Crippen MR) is 143 cm³/mol. The smallest absolute Gasteiger partial charge is 0.272 e. The van der Waals surface area contributed by atoms with Crippen LogP contribution >= 0.6 is 27.3 Å². The van der Waals surface area contributed by atoms with E-state index in [1.807, 2.05) is 6.07 Å². The zero-order valence-electron chi connectivity index (χ0n) is 20.7. The summed E-state index contributed by atoms with van der Waals surface area (Å²) in [5, 5.41) is 7.27. The highest BCUT2D eigenvalue weighted by molar-refractivity contribution is 9.10. The Morgan fingerprint density at radius 1 is 1.24 bits per heavy atom. The van der Waals surface area contributed by atoms with Gasteiger partial charge in [-0.2, -0.15) is 5.10 Å². The van der Waals surface area contributed by atoms with Gasteiger partial charge in [0, 0.05) is 58.1 Å². The van der Waals surface area contributed by atoms with Gasteiger partial charge in [-0.3, -0.25) is 9.59 Å². The van der Waals surface area contributed by atoms with Crippen molar-refractivity contribution < 1.29 is 23.1 Å². The van der Waals surface area contributed by atoms with Gasteiger partial charge in [-0.05, 0) is 34.8 Å². The Kier molecular flexibility index (Phi) is 7.70. The molecule has 10 nitrogen and oxygen atoms in total. The lowest BCUT2D eigenvalue weighted by molar-refractivity contribution is -0.130. The molecule has 0 radical (unpaired) electrons. The summed E-state index contributed by atoms with van der Waals surface area (Å²) in [6.07, 6.45) is 1.14. The van der Waals surface area contributed by atoms with Crippen LogP contribution in [0.5, 0.6) is 5.75 Å². The minimum Gasteiger partial charge on any atom is -0.489 e. The van der Waals surface area contributed by atoms with Gasteiger partial charge in [-0.15, -0.1) is 11.3 Å². The molecule has 2 aliphatic rings. The van der Waals surface area contributed by atoms with Crippen molar-refractivity contribution in [2.45, 2.75) is 51.2 Å². The summed E-state index contributed by atoms with van der Waals surface area (Å²) in [6, 6.07) is 2.98. The molecule has 0 spiro atoms. The van der Waals surface area contributed by atoms with Crippen LogP contribution < -0.4 is 20.7 Å². The van der Waals surface area contributed by atoms with Gasteiger partial charge < -0.3 is 25.6 Å². The van der Waals surface area contributed by atoms with Crippen LogP contribution in [0.15, 0.2) is 23.1 Å². The highest BCUT2D eigenvalue weighted by Gasteiger charge is 2.30. The van der Waals surface area contributed by atoms with Crippen molar-refractivity contribution in [3.05, 3.63) is 32.8 Å². The first-order valence-corrected chi connectivity index (χ1v) is 14.0. The van der Waals surface area contributed by atoms with E-state index in [-0.39, 0.29) is 33.6 Å². The average molecular weight is 613 g/mol. The Bertz CT molecular complexity index is 1340. The Balaban J connectivity index is 1.30. The maximum Gasteiger partial charge on any atom is 0.272 e. The predicted octanol–water partition coefficient (Wildman–Crippen LogP) is 3.86. The normalized spacial score (nSPS) is 18.8. The van der Waals surface area contributed by atoms with Crippen LogP contribution in [0.3, 0.4) is 0 Å². The maximum atomic E-state index is 13.5. The molecule has 38 heavy (non-hydrogen) atoms. The Labute approximate surface area is 230 Å². The van der Waals surface area contributed by atoms with Crippen molar-refractivity contribution in [3.63, 3.8) is 0 Å². The molecule has 1 atom stereocenters. The molecular formula is C24H28BrF2N7O3S. The lowest BCUT2D eigenvalue weighted by atomic mass is 10.0. The second-order valence-corrected chi connectivity index (χ2v) is 11.4. The van der Waals surface area contributed by atoms with Crippen molar-refractivity contribution in [2.75, 3.05) is 36.8 Å². The molecule has 2 aliphatic heterocycles. The van der Waals surface area contributed by atoms with E-state index in [0.717, 1.165) is 41.0 Å². The number of aromatic nitrogens is 3. The number of likely N-dealkylation sites (tertiary alicyclic amines) is 1. The first kappa shape index (κ1) is 26.6. The van der Waals surface area contributed by atoms with Crippen LogP contribution in [-0.4, -0.2) is 69.6 Å². The summed E-state index contributed by atoms with van der Waals surface area (Å²) >= 11 is 4.26. The molecule has 0 unspecified atom stereocenters. The molecule has 14 heteroatoms. The van der Waals surface area contributed by atoms with Crippen LogP contribution in [0.25, 0.3) is 5.52 Å². The Morgan fingerprint density at radius 2 is 2.00 bits per heavy atom. The monoisotopic (exact) mass is 611 g/mol. The molecule has 5 heterocycles. The summed E-state index contributed by atoms with van der Waals surface area (Å²) < 4.78 is 35.5. The van der Waals surface area contributed by atoms with Crippen molar-refractivity contribution in [2.24, 2.45) is 0 Å². The minimum absolute atomic E-state index is 0.00327. The fourth-order valence-electron chi connectivity index (χ4n) is 5.03. The lowest BCUT2D eigenvalue weighted by Gasteiger charge is -2.34. The van der Waals surface area contributed by atoms with Crippen LogP contribution in [0.2, 0.25) is 0 Å².